The molecule has 5 rings (SSSR count). The smallest absolute Gasteiger partial charge is 0.322 e. The van der Waals surface area contributed by atoms with Gasteiger partial charge in [-0.25, -0.2) is 4.79 Å². The van der Waals surface area contributed by atoms with Gasteiger partial charge in [0.25, 0.3) is 5.91 Å². The number of carbonyl (C=O) groups is 4. The van der Waals surface area contributed by atoms with Crippen LogP contribution in [0, 0.1) is 5.92 Å². The molecule has 8 heteroatoms. The molecule has 0 aromatic heterocycles. The van der Waals surface area contributed by atoms with Gasteiger partial charge in [-0.2, -0.15) is 0 Å². The van der Waals surface area contributed by atoms with Gasteiger partial charge in [0.2, 0.25) is 11.8 Å². The SMILES string of the molecule is CC1(c2cccc(CNC(=O)C3CC(=O)N(c4cccc5ccccc45)C3)c2)NC(=O)NC1=O. The molecule has 0 spiro atoms. The van der Waals surface area contributed by atoms with Crippen LogP contribution >= 0.6 is 0 Å². The third kappa shape index (κ3) is 3.77. The highest BCUT2D eigenvalue weighted by atomic mass is 16.2. The van der Waals surface area contributed by atoms with Crippen molar-refractivity contribution in [2.75, 3.05) is 11.4 Å². The van der Waals surface area contributed by atoms with Gasteiger partial charge in [0, 0.05) is 24.9 Å². The Morgan fingerprint density at radius 2 is 1.82 bits per heavy atom. The van der Waals surface area contributed by atoms with Crippen LogP contribution in [0.1, 0.15) is 24.5 Å². The Hall–Kier alpha value is -4.20. The van der Waals surface area contributed by atoms with E-state index < -0.39 is 23.4 Å². The molecule has 2 saturated heterocycles. The van der Waals surface area contributed by atoms with Gasteiger partial charge >= 0.3 is 6.03 Å². The fraction of sp³-hybridized carbons (Fsp3) is 0.231. The number of benzene rings is 3. The molecule has 3 N–H and O–H groups in total. The van der Waals surface area contributed by atoms with E-state index in [1.54, 1.807) is 30.0 Å². The van der Waals surface area contributed by atoms with Gasteiger partial charge in [0.05, 0.1) is 11.6 Å². The second-order valence-electron chi connectivity index (χ2n) is 8.86. The lowest BCUT2D eigenvalue weighted by Crippen LogP contribution is -2.40. The molecule has 8 nitrogen and oxygen atoms in total. The van der Waals surface area contributed by atoms with Gasteiger partial charge in [-0.3, -0.25) is 19.7 Å². The van der Waals surface area contributed by atoms with Crippen LogP contribution in [0.3, 0.4) is 0 Å². The molecule has 2 heterocycles. The van der Waals surface area contributed by atoms with Crippen molar-refractivity contribution in [2.24, 2.45) is 5.92 Å². The first-order valence-corrected chi connectivity index (χ1v) is 11.1. The quantitative estimate of drug-likeness (QED) is 0.513. The summed E-state index contributed by atoms with van der Waals surface area (Å²) in [5.41, 5.74) is 1.07. The van der Waals surface area contributed by atoms with Crippen molar-refractivity contribution in [3.8, 4) is 0 Å². The molecule has 0 saturated carbocycles. The molecule has 2 aliphatic rings. The zero-order valence-corrected chi connectivity index (χ0v) is 18.6. The minimum absolute atomic E-state index is 0.0746. The largest absolute Gasteiger partial charge is 0.352 e. The maximum Gasteiger partial charge on any atom is 0.322 e. The highest BCUT2D eigenvalue weighted by Gasteiger charge is 2.43. The van der Waals surface area contributed by atoms with Crippen molar-refractivity contribution in [3.63, 3.8) is 0 Å². The molecule has 2 unspecified atom stereocenters. The lowest BCUT2D eigenvalue weighted by molar-refractivity contribution is -0.126. The predicted molar refractivity (Wildman–Crippen MR) is 127 cm³/mol. The number of hydrogen-bond acceptors (Lipinski definition) is 4. The van der Waals surface area contributed by atoms with Crippen LogP contribution < -0.4 is 20.9 Å². The van der Waals surface area contributed by atoms with Gasteiger partial charge < -0.3 is 15.5 Å². The van der Waals surface area contributed by atoms with Crippen LogP contribution in [0.4, 0.5) is 10.5 Å². The Bertz CT molecular complexity index is 1330. The lowest BCUT2D eigenvalue weighted by Gasteiger charge is -2.22. The molecule has 172 valence electrons. The normalized spacial score (nSPS) is 22.1. The number of rotatable bonds is 5. The highest BCUT2D eigenvalue weighted by Crippen LogP contribution is 2.32. The first-order valence-electron chi connectivity index (χ1n) is 11.1. The predicted octanol–water partition coefficient (Wildman–Crippen LogP) is 2.56. The van der Waals surface area contributed by atoms with E-state index in [1.165, 1.54) is 0 Å². The lowest BCUT2D eigenvalue weighted by atomic mass is 9.91. The van der Waals surface area contributed by atoms with Gasteiger partial charge in [-0.15, -0.1) is 0 Å². The van der Waals surface area contributed by atoms with Crippen LogP contribution in [0.2, 0.25) is 0 Å². The zero-order chi connectivity index (χ0) is 23.9. The van der Waals surface area contributed by atoms with Crippen molar-refractivity contribution >= 4 is 40.2 Å². The van der Waals surface area contributed by atoms with Crippen molar-refractivity contribution in [3.05, 3.63) is 77.9 Å². The molecular weight excluding hydrogens is 432 g/mol. The van der Waals surface area contributed by atoms with E-state index >= 15 is 0 Å². The Kier molecular flexibility index (Phi) is 5.28. The Morgan fingerprint density at radius 3 is 2.62 bits per heavy atom. The van der Waals surface area contributed by atoms with Crippen molar-refractivity contribution in [1.82, 2.24) is 16.0 Å². The second-order valence-corrected chi connectivity index (χ2v) is 8.86. The van der Waals surface area contributed by atoms with Gasteiger partial charge in [-0.1, -0.05) is 60.7 Å². The van der Waals surface area contributed by atoms with E-state index in [0.29, 0.717) is 12.1 Å². The Balaban J connectivity index is 1.27. The van der Waals surface area contributed by atoms with Crippen molar-refractivity contribution in [1.29, 1.82) is 0 Å². The molecule has 3 aromatic rings. The fourth-order valence-corrected chi connectivity index (χ4v) is 4.63. The number of imide groups is 1. The summed E-state index contributed by atoms with van der Waals surface area (Å²) >= 11 is 0. The average Bonchev–Trinajstić information content (AvgIpc) is 3.35. The van der Waals surface area contributed by atoms with Gasteiger partial charge in [0.1, 0.15) is 5.54 Å². The zero-order valence-electron chi connectivity index (χ0n) is 18.6. The van der Waals surface area contributed by atoms with E-state index in [9.17, 15) is 19.2 Å². The number of urea groups is 1. The molecule has 2 aliphatic heterocycles. The molecule has 34 heavy (non-hydrogen) atoms. The number of fused-ring (bicyclic) bond motifs is 1. The summed E-state index contributed by atoms with van der Waals surface area (Å²) in [6, 6.07) is 20.3. The third-order valence-electron chi connectivity index (χ3n) is 6.57. The number of amides is 5. The van der Waals surface area contributed by atoms with E-state index in [-0.39, 0.29) is 24.8 Å². The standard InChI is InChI=1S/C26H24N4O4/c1-26(24(33)28-25(34)29-26)19-9-4-6-16(12-19)14-27-23(32)18-13-22(31)30(15-18)21-11-5-8-17-7-2-3-10-20(17)21/h2-12,18H,13-15H2,1H3,(H,27,32)(H2,28,29,33,34). The van der Waals surface area contributed by atoms with Crippen LogP contribution in [0.15, 0.2) is 66.7 Å². The summed E-state index contributed by atoms with van der Waals surface area (Å²) in [5, 5.41) is 9.83. The van der Waals surface area contributed by atoms with E-state index in [0.717, 1.165) is 22.0 Å². The second kappa shape index (κ2) is 8.30. The third-order valence-corrected chi connectivity index (χ3v) is 6.57. The number of anilines is 1. The van der Waals surface area contributed by atoms with Crippen LogP contribution in [-0.4, -0.2) is 30.3 Å². The van der Waals surface area contributed by atoms with Crippen molar-refractivity contribution in [2.45, 2.75) is 25.4 Å². The van der Waals surface area contributed by atoms with Crippen LogP contribution in [-0.2, 0) is 26.5 Å². The molecule has 0 aliphatic carbocycles. The topological polar surface area (TPSA) is 108 Å². The van der Waals surface area contributed by atoms with Crippen LogP contribution in [0.25, 0.3) is 10.8 Å². The summed E-state index contributed by atoms with van der Waals surface area (Å²) in [6.07, 6.45) is 0.152. The average molecular weight is 457 g/mol. The fourth-order valence-electron chi connectivity index (χ4n) is 4.63. The van der Waals surface area contributed by atoms with Gasteiger partial charge in [0.15, 0.2) is 0 Å². The Morgan fingerprint density at radius 1 is 1.06 bits per heavy atom. The number of carbonyl (C=O) groups excluding carboxylic acids is 4. The molecule has 0 radical (unpaired) electrons. The summed E-state index contributed by atoms with van der Waals surface area (Å²) in [7, 11) is 0. The van der Waals surface area contributed by atoms with E-state index in [4.69, 9.17) is 0 Å². The number of nitrogens with zero attached hydrogens (tertiary/aromatic N) is 1. The molecule has 3 aromatic carbocycles. The number of nitrogens with one attached hydrogen (secondary N) is 3. The maximum absolute atomic E-state index is 12.9. The molecule has 2 fully saturated rings. The number of hydrogen-bond donors (Lipinski definition) is 3. The summed E-state index contributed by atoms with van der Waals surface area (Å²) in [5.74, 6) is -1.14. The van der Waals surface area contributed by atoms with E-state index in [2.05, 4.69) is 16.0 Å². The minimum atomic E-state index is -1.16. The first-order chi connectivity index (χ1) is 16.3. The minimum Gasteiger partial charge on any atom is -0.352 e. The molecule has 0 bridgehead atoms. The molecule has 5 amide bonds. The van der Waals surface area contributed by atoms with Gasteiger partial charge in [-0.05, 0) is 29.5 Å². The van der Waals surface area contributed by atoms with Crippen molar-refractivity contribution < 1.29 is 19.2 Å². The summed E-state index contributed by atoms with van der Waals surface area (Å²) in [4.78, 5) is 51.2. The summed E-state index contributed by atoms with van der Waals surface area (Å²) < 4.78 is 0. The summed E-state index contributed by atoms with van der Waals surface area (Å²) in [6.45, 7) is 2.21. The monoisotopic (exact) mass is 456 g/mol. The molecule has 2 atom stereocenters. The first kappa shape index (κ1) is 21.6. The maximum atomic E-state index is 12.9. The van der Waals surface area contributed by atoms with Crippen LogP contribution in [0.5, 0.6) is 0 Å². The molecular formula is C26H24N4O4. The Labute approximate surface area is 196 Å². The highest BCUT2D eigenvalue weighted by molar-refractivity contribution is 6.08. The van der Waals surface area contributed by atoms with E-state index in [1.807, 2.05) is 48.5 Å².